The number of rotatable bonds is 7. The second-order valence-corrected chi connectivity index (χ2v) is 9.16. The minimum absolute atomic E-state index is 0.00567. The number of nitrogens with two attached hydrogens (primary N) is 2. The number of nitrogens with one attached hydrogen (secondary N) is 1. The first-order chi connectivity index (χ1) is 17.8. The molecule has 1 fully saturated rings. The maximum Gasteiger partial charge on any atom is 0.255 e. The molecule has 2 amide bonds. The monoisotopic (exact) mass is 498 g/mol. The Balaban J connectivity index is 1.68. The Morgan fingerprint density at radius 2 is 1.84 bits per heavy atom. The van der Waals surface area contributed by atoms with E-state index in [9.17, 15) is 9.59 Å². The molecular formula is C29H34N6O2. The highest BCUT2D eigenvalue weighted by atomic mass is 16.2. The Morgan fingerprint density at radius 3 is 2.49 bits per heavy atom. The molecule has 4 rings (SSSR count). The topological polar surface area (TPSA) is 110 Å². The van der Waals surface area contributed by atoms with Gasteiger partial charge in [-0.15, -0.1) is 0 Å². The summed E-state index contributed by atoms with van der Waals surface area (Å²) in [5, 5.41) is 3.00. The summed E-state index contributed by atoms with van der Waals surface area (Å²) >= 11 is 0. The van der Waals surface area contributed by atoms with Crippen LogP contribution in [0.15, 0.2) is 72.9 Å². The second-order valence-electron chi connectivity index (χ2n) is 9.16. The van der Waals surface area contributed by atoms with E-state index in [1.807, 2.05) is 66.6 Å². The normalized spacial score (nSPS) is 14.6. The number of nitrogens with zero attached hydrogens (tertiary/aromatic N) is 3. The van der Waals surface area contributed by atoms with Crippen molar-refractivity contribution in [2.45, 2.75) is 26.8 Å². The number of aromatic nitrogens is 1. The largest absolute Gasteiger partial charge is 0.403 e. The average molecular weight is 499 g/mol. The van der Waals surface area contributed by atoms with Crippen LogP contribution < -0.4 is 21.7 Å². The Bertz CT molecular complexity index is 1340. The third kappa shape index (κ3) is 5.44. The van der Waals surface area contributed by atoms with Crippen LogP contribution in [0, 0.1) is 6.92 Å². The molecule has 2 aromatic carbocycles. The molecule has 0 saturated carbocycles. The Labute approximate surface area is 217 Å². The quantitative estimate of drug-likeness (QED) is 0.421. The van der Waals surface area contributed by atoms with Crippen molar-refractivity contribution < 1.29 is 9.59 Å². The predicted octanol–water partition coefficient (Wildman–Crippen LogP) is 4.30. The highest BCUT2D eigenvalue weighted by Gasteiger charge is 2.28. The smallest absolute Gasteiger partial charge is 0.255 e. The highest BCUT2D eigenvalue weighted by Crippen LogP contribution is 2.37. The van der Waals surface area contributed by atoms with Crippen molar-refractivity contribution >= 4 is 29.5 Å². The van der Waals surface area contributed by atoms with Crippen LogP contribution in [-0.4, -0.2) is 41.0 Å². The zero-order valence-electron chi connectivity index (χ0n) is 21.5. The first kappa shape index (κ1) is 25.8. The number of carbonyl (C=O) groups is 2. The molecule has 0 radical (unpaired) electrons. The third-order valence-corrected chi connectivity index (χ3v) is 6.47. The van der Waals surface area contributed by atoms with Gasteiger partial charge >= 0.3 is 0 Å². The van der Waals surface area contributed by atoms with Crippen LogP contribution in [0.5, 0.6) is 0 Å². The molecule has 1 aromatic heterocycles. The molecule has 1 atom stereocenters. The summed E-state index contributed by atoms with van der Waals surface area (Å²) in [5.41, 5.74) is 17.4. The first-order valence-electron chi connectivity index (χ1n) is 12.4. The fourth-order valence-electron chi connectivity index (χ4n) is 4.67. The van der Waals surface area contributed by atoms with Crippen molar-refractivity contribution in [1.82, 2.24) is 9.47 Å². The molecule has 0 bridgehead atoms. The predicted molar refractivity (Wildman–Crippen MR) is 150 cm³/mol. The van der Waals surface area contributed by atoms with Gasteiger partial charge in [-0.25, -0.2) is 0 Å². The second kappa shape index (κ2) is 11.2. The number of amides is 2. The van der Waals surface area contributed by atoms with E-state index < -0.39 is 0 Å². The summed E-state index contributed by atoms with van der Waals surface area (Å²) in [6, 6.07) is 16.9. The number of hydrogen-bond acceptors (Lipinski definition) is 5. The summed E-state index contributed by atoms with van der Waals surface area (Å²) in [5.74, 6) is 0.757. The Morgan fingerprint density at radius 1 is 1.08 bits per heavy atom. The Hall–Kier alpha value is -4.30. The molecule has 8 heteroatoms. The van der Waals surface area contributed by atoms with E-state index in [4.69, 9.17) is 11.5 Å². The maximum atomic E-state index is 12.7. The van der Waals surface area contributed by atoms with Gasteiger partial charge in [0.1, 0.15) is 5.82 Å². The molecule has 3 aromatic rings. The number of hydrogen-bond donors (Lipinski definition) is 3. The van der Waals surface area contributed by atoms with Crippen molar-refractivity contribution in [1.29, 1.82) is 0 Å². The molecule has 1 unspecified atom stereocenters. The molecule has 192 valence electrons. The van der Waals surface area contributed by atoms with Crippen molar-refractivity contribution in [2.75, 3.05) is 30.0 Å². The van der Waals surface area contributed by atoms with Gasteiger partial charge in [0.05, 0.1) is 6.67 Å². The van der Waals surface area contributed by atoms with Crippen LogP contribution in [0.25, 0.3) is 17.3 Å². The van der Waals surface area contributed by atoms with Gasteiger partial charge in [-0.3, -0.25) is 9.59 Å². The fourth-order valence-corrected chi connectivity index (χ4v) is 4.67. The van der Waals surface area contributed by atoms with Gasteiger partial charge in [-0.05, 0) is 68.3 Å². The lowest BCUT2D eigenvalue weighted by atomic mass is 10.00. The first-order valence-corrected chi connectivity index (χ1v) is 12.4. The van der Waals surface area contributed by atoms with E-state index in [-0.39, 0.29) is 17.9 Å². The van der Waals surface area contributed by atoms with Crippen LogP contribution in [0.1, 0.15) is 41.5 Å². The number of benzene rings is 2. The van der Waals surface area contributed by atoms with Gasteiger partial charge in [0.25, 0.3) is 5.91 Å². The maximum absolute atomic E-state index is 12.7. The van der Waals surface area contributed by atoms with E-state index in [2.05, 4.69) is 16.3 Å². The van der Waals surface area contributed by atoms with Crippen molar-refractivity contribution in [3.8, 4) is 11.1 Å². The van der Waals surface area contributed by atoms with Gasteiger partial charge in [0.2, 0.25) is 5.91 Å². The van der Waals surface area contributed by atoms with Crippen molar-refractivity contribution in [2.24, 2.45) is 11.5 Å². The van der Waals surface area contributed by atoms with Crippen LogP contribution in [0.2, 0.25) is 0 Å². The highest BCUT2D eigenvalue weighted by molar-refractivity contribution is 6.04. The number of allylic oxidation sites excluding steroid dienone is 1. The molecule has 0 spiro atoms. The summed E-state index contributed by atoms with van der Waals surface area (Å²) < 4.78 is 2.00. The average Bonchev–Trinajstić information content (AvgIpc) is 3.52. The van der Waals surface area contributed by atoms with Crippen molar-refractivity contribution in [3.63, 3.8) is 0 Å². The minimum Gasteiger partial charge on any atom is -0.403 e. The number of carbonyl (C=O) groups excluding carboxylic acids is 2. The van der Waals surface area contributed by atoms with E-state index in [0.29, 0.717) is 25.3 Å². The van der Waals surface area contributed by atoms with Gasteiger partial charge in [-0.2, -0.15) is 0 Å². The summed E-state index contributed by atoms with van der Waals surface area (Å²) in [4.78, 5) is 29.0. The minimum atomic E-state index is -0.277. The van der Waals surface area contributed by atoms with E-state index in [1.54, 1.807) is 30.5 Å². The van der Waals surface area contributed by atoms with Gasteiger partial charge in [-0.1, -0.05) is 30.3 Å². The van der Waals surface area contributed by atoms with Gasteiger partial charge < -0.3 is 31.2 Å². The number of anilines is 2. The Kier molecular flexibility index (Phi) is 7.79. The molecule has 2 heterocycles. The molecule has 0 aliphatic carbocycles. The van der Waals surface area contributed by atoms with Gasteiger partial charge in [0.15, 0.2) is 0 Å². The van der Waals surface area contributed by atoms with Crippen LogP contribution in [-0.2, 0) is 4.79 Å². The summed E-state index contributed by atoms with van der Waals surface area (Å²) in [7, 11) is 0. The van der Waals surface area contributed by atoms with Crippen molar-refractivity contribution in [3.05, 3.63) is 89.8 Å². The molecule has 1 saturated heterocycles. The molecule has 8 nitrogen and oxygen atoms in total. The molecule has 37 heavy (non-hydrogen) atoms. The SMILES string of the molecule is C/C=C/C(=O)N1CCN(c2cc(-c3ccc(NC(=O)c4ccccc4)c(C)c3)c(C(C)N)n2/C=C\N)C1. The molecule has 1 aliphatic rings. The van der Waals surface area contributed by atoms with E-state index in [0.717, 1.165) is 33.9 Å². The zero-order valence-corrected chi connectivity index (χ0v) is 21.5. The van der Waals surface area contributed by atoms with Crippen LogP contribution in [0.3, 0.4) is 0 Å². The molecule has 5 N–H and O–H groups in total. The van der Waals surface area contributed by atoms with Crippen LogP contribution >= 0.6 is 0 Å². The standard InChI is InChI=1S/C29H34N6O2/c1-4-8-27(36)34-16-15-33(19-34)26-18-24(28(21(3)31)35(26)14-13-30)23-11-12-25(20(2)17-23)32-29(37)22-9-6-5-7-10-22/h4-14,17-18,21H,15-16,19,30-31H2,1-3H3,(H,32,37)/b8-4+,14-13-. The molecule has 1 aliphatic heterocycles. The molecular weight excluding hydrogens is 464 g/mol. The lowest BCUT2D eigenvalue weighted by Gasteiger charge is -2.21. The third-order valence-electron chi connectivity index (χ3n) is 6.47. The summed E-state index contributed by atoms with van der Waals surface area (Å²) in [6.45, 7) is 7.57. The fraction of sp³-hybridized carbons (Fsp3) is 0.241. The lowest BCUT2D eigenvalue weighted by molar-refractivity contribution is -0.124. The van der Waals surface area contributed by atoms with E-state index in [1.165, 1.54) is 6.20 Å². The summed E-state index contributed by atoms with van der Waals surface area (Å²) in [6.07, 6.45) is 6.63. The van der Waals surface area contributed by atoms with E-state index >= 15 is 0 Å². The van der Waals surface area contributed by atoms with Crippen LogP contribution in [0.4, 0.5) is 11.5 Å². The van der Waals surface area contributed by atoms with Gasteiger partial charge in [0, 0.05) is 54.0 Å². The lowest BCUT2D eigenvalue weighted by Crippen LogP contribution is -2.30. The number of aryl methyl sites for hydroxylation is 1. The zero-order chi connectivity index (χ0) is 26.5.